The van der Waals surface area contributed by atoms with Gasteiger partial charge < -0.3 is 15.2 Å². The number of hydrogen-bond donors (Lipinski definition) is 2. The highest BCUT2D eigenvalue weighted by atomic mass is 19.4. The highest BCUT2D eigenvalue weighted by molar-refractivity contribution is 5.96. The van der Waals surface area contributed by atoms with E-state index in [2.05, 4.69) is 15.8 Å². The fourth-order valence-electron chi connectivity index (χ4n) is 2.53. The van der Waals surface area contributed by atoms with Gasteiger partial charge in [-0.2, -0.15) is 13.2 Å². The second-order valence-corrected chi connectivity index (χ2v) is 6.33. The Bertz CT molecular complexity index is 878. The summed E-state index contributed by atoms with van der Waals surface area (Å²) in [5.74, 6) is -0.0117. The summed E-state index contributed by atoms with van der Waals surface area (Å²) in [5.41, 5.74) is -1.11. The maximum Gasteiger partial charge on any atom is 0.416 e. The fourth-order valence-corrected chi connectivity index (χ4v) is 2.53. The number of aryl methyl sites for hydroxylation is 1. The van der Waals surface area contributed by atoms with Crippen molar-refractivity contribution in [2.75, 3.05) is 18.4 Å². The Balaban J connectivity index is 2.01. The van der Waals surface area contributed by atoms with Crippen LogP contribution in [-0.2, 0) is 6.18 Å². The van der Waals surface area contributed by atoms with E-state index in [0.717, 1.165) is 12.1 Å². The molecule has 2 N–H and O–H groups in total. The summed E-state index contributed by atoms with van der Waals surface area (Å²) in [6.07, 6.45) is -4.68. The van der Waals surface area contributed by atoms with Crippen LogP contribution in [0.5, 0.6) is 0 Å². The molecule has 2 rings (SSSR count). The number of nitro groups is 1. The van der Waals surface area contributed by atoms with Gasteiger partial charge in [0.05, 0.1) is 16.2 Å². The first-order valence-electron chi connectivity index (χ1n) is 8.36. The number of rotatable bonds is 7. The third-order valence-electron chi connectivity index (χ3n) is 3.89. The molecule has 0 aliphatic carbocycles. The molecule has 0 saturated carbocycles. The van der Waals surface area contributed by atoms with Crippen molar-refractivity contribution in [3.63, 3.8) is 0 Å². The molecule has 1 heterocycles. The Morgan fingerprint density at radius 2 is 2.00 bits per heavy atom. The smallest absolute Gasteiger partial charge is 0.378 e. The minimum Gasteiger partial charge on any atom is -0.378 e. The minimum absolute atomic E-state index is 0.0464. The highest BCUT2D eigenvalue weighted by Crippen LogP contribution is 2.34. The van der Waals surface area contributed by atoms with Crippen LogP contribution in [0.1, 0.15) is 47.1 Å². The van der Waals surface area contributed by atoms with Crippen LogP contribution in [0, 0.1) is 17.0 Å². The predicted octanol–water partition coefficient (Wildman–Crippen LogP) is 3.88. The van der Waals surface area contributed by atoms with Crippen molar-refractivity contribution >= 4 is 17.3 Å². The molecule has 2 aromatic rings. The maximum atomic E-state index is 12.7. The zero-order chi connectivity index (χ0) is 21.1. The van der Waals surface area contributed by atoms with E-state index in [4.69, 9.17) is 4.52 Å². The van der Waals surface area contributed by atoms with E-state index in [-0.39, 0.29) is 24.7 Å². The lowest BCUT2D eigenvalue weighted by molar-refractivity contribution is -0.384. The SMILES string of the molecule is Cc1noc(C(C)C)c1C(=O)NCCNc1ccc(C(F)(F)F)cc1[N+](=O)[O-]. The Hall–Kier alpha value is -3.11. The van der Waals surface area contributed by atoms with Crippen molar-refractivity contribution in [1.29, 1.82) is 0 Å². The number of benzene rings is 1. The van der Waals surface area contributed by atoms with Crippen LogP contribution >= 0.6 is 0 Å². The fraction of sp³-hybridized carbons (Fsp3) is 0.412. The summed E-state index contributed by atoms with van der Waals surface area (Å²) >= 11 is 0. The van der Waals surface area contributed by atoms with E-state index in [1.807, 2.05) is 13.8 Å². The van der Waals surface area contributed by atoms with E-state index in [9.17, 15) is 28.1 Å². The quantitative estimate of drug-likeness (QED) is 0.415. The number of anilines is 1. The van der Waals surface area contributed by atoms with Gasteiger partial charge >= 0.3 is 6.18 Å². The van der Waals surface area contributed by atoms with E-state index in [1.54, 1.807) is 6.92 Å². The monoisotopic (exact) mass is 400 g/mol. The van der Waals surface area contributed by atoms with Crippen LogP contribution in [0.25, 0.3) is 0 Å². The minimum atomic E-state index is -4.68. The van der Waals surface area contributed by atoms with Gasteiger partial charge in [-0.1, -0.05) is 19.0 Å². The van der Waals surface area contributed by atoms with Gasteiger partial charge in [-0.3, -0.25) is 14.9 Å². The predicted molar refractivity (Wildman–Crippen MR) is 94.3 cm³/mol. The number of halogens is 3. The molecule has 0 unspecified atom stereocenters. The van der Waals surface area contributed by atoms with Gasteiger partial charge in [0.15, 0.2) is 5.76 Å². The van der Waals surface area contributed by atoms with Gasteiger partial charge in [-0.25, -0.2) is 0 Å². The molecule has 8 nitrogen and oxygen atoms in total. The zero-order valence-electron chi connectivity index (χ0n) is 15.4. The average molecular weight is 400 g/mol. The van der Waals surface area contributed by atoms with Crippen LogP contribution in [0.2, 0.25) is 0 Å². The van der Waals surface area contributed by atoms with Crippen LogP contribution in [-0.4, -0.2) is 29.1 Å². The first kappa shape index (κ1) is 21.2. The van der Waals surface area contributed by atoms with Crippen molar-refractivity contribution in [2.45, 2.75) is 32.9 Å². The maximum absolute atomic E-state index is 12.7. The van der Waals surface area contributed by atoms with E-state index in [0.29, 0.717) is 23.1 Å². The molecular weight excluding hydrogens is 381 g/mol. The van der Waals surface area contributed by atoms with Gasteiger partial charge in [0.1, 0.15) is 11.3 Å². The third-order valence-corrected chi connectivity index (χ3v) is 3.89. The summed E-state index contributed by atoms with van der Waals surface area (Å²) < 4.78 is 43.3. The van der Waals surface area contributed by atoms with Gasteiger partial charge in [0.25, 0.3) is 11.6 Å². The molecule has 152 valence electrons. The van der Waals surface area contributed by atoms with Crippen LogP contribution in [0.4, 0.5) is 24.5 Å². The van der Waals surface area contributed by atoms with Gasteiger partial charge in [0.2, 0.25) is 0 Å². The van der Waals surface area contributed by atoms with Crippen LogP contribution in [0.15, 0.2) is 22.7 Å². The van der Waals surface area contributed by atoms with Crippen molar-refractivity contribution < 1.29 is 27.4 Å². The number of nitrogens with one attached hydrogen (secondary N) is 2. The Morgan fingerprint density at radius 1 is 1.32 bits per heavy atom. The summed E-state index contributed by atoms with van der Waals surface area (Å²) in [4.78, 5) is 22.5. The number of aromatic nitrogens is 1. The first-order chi connectivity index (χ1) is 13.0. The molecule has 1 aromatic heterocycles. The number of amides is 1. The second kappa shape index (κ2) is 8.28. The summed E-state index contributed by atoms with van der Waals surface area (Å²) in [7, 11) is 0. The topological polar surface area (TPSA) is 110 Å². The molecule has 0 aliphatic heterocycles. The molecule has 1 amide bonds. The molecule has 0 saturated heterocycles. The zero-order valence-corrected chi connectivity index (χ0v) is 15.4. The molecule has 0 aliphatic rings. The van der Waals surface area contributed by atoms with Crippen molar-refractivity contribution in [3.05, 3.63) is 50.9 Å². The standard InChI is InChI=1S/C17H19F3N4O4/c1-9(2)15-14(10(3)23-28-15)16(25)22-7-6-21-12-5-4-11(17(18,19)20)8-13(12)24(26)27/h4-5,8-9,21H,6-7H2,1-3H3,(H,22,25). The number of hydrogen-bond acceptors (Lipinski definition) is 6. The van der Waals surface area contributed by atoms with E-state index in [1.165, 1.54) is 0 Å². The van der Waals surface area contributed by atoms with Gasteiger partial charge in [0, 0.05) is 25.1 Å². The van der Waals surface area contributed by atoms with Crippen molar-refractivity contribution in [1.82, 2.24) is 10.5 Å². The molecule has 0 radical (unpaired) electrons. The summed E-state index contributed by atoms with van der Waals surface area (Å²) in [6.45, 7) is 5.48. The molecule has 0 atom stereocenters. The van der Waals surface area contributed by atoms with Crippen LogP contribution in [0.3, 0.4) is 0 Å². The summed E-state index contributed by atoms with van der Waals surface area (Å²) in [5, 5.41) is 20.1. The number of nitrogens with zero attached hydrogens (tertiary/aromatic N) is 2. The molecule has 0 bridgehead atoms. The van der Waals surface area contributed by atoms with Gasteiger partial charge in [-0.05, 0) is 19.1 Å². The number of carbonyl (C=O) groups is 1. The van der Waals surface area contributed by atoms with Crippen molar-refractivity contribution in [2.24, 2.45) is 0 Å². The first-order valence-corrected chi connectivity index (χ1v) is 8.36. The molecule has 0 fully saturated rings. The third kappa shape index (κ3) is 4.78. The molecule has 0 spiro atoms. The molecule has 28 heavy (non-hydrogen) atoms. The van der Waals surface area contributed by atoms with E-state index < -0.39 is 28.3 Å². The van der Waals surface area contributed by atoms with E-state index >= 15 is 0 Å². The molecule has 11 heteroatoms. The lowest BCUT2D eigenvalue weighted by atomic mass is 10.0. The van der Waals surface area contributed by atoms with Crippen LogP contribution < -0.4 is 10.6 Å². The summed E-state index contributed by atoms with van der Waals surface area (Å²) in [6, 6.07) is 2.21. The molecular formula is C17H19F3N4O4. The Kier molecular flexibility index (Phi) is 6.26. The Labute approximate surface area is 158 Å². The average Bonchev–Trinajstić information content (AvgIpc) is 2.99. The van der Waals surface area contributed by atoms with Crippen molar-refractivity contribution in [3.8, 4) is 0 Å². The lowest BCUT2D eigenvalue weighted by Crippen LogP contribution is -2.29. The molecule has 1 aromatic carbocycles. The second-order valence-electron chi connectivity index (χ2n) is 6.33. The van der Waals surface area contributed by atoms with Gasteiger partial charge in [-0.15, -0.1) is 0 Å². The number of nitro benzene ring substituents is 1. The largest absolute Gasteiger partial charge is 0.416 e. The Morgan fingerprint density at radius 3 is 2.57 bits per heavy atom. The normalized spacial score (nSPS) is 11.5. The number of alkyl halides is 3. The number of carbonyl (C=O) groups excluding carboxylic acids is 1. The lowest BCUT2D eigenvalue weighted by Gasteiger charge is -2.11. The highest BCUT2D eigenvalue weighted by Gasteiger charge is 2.33.